The molecule has 0 unspecified atom stereocenters. The summed E-state index contributed by atoms with van der Waals surface area (Å²) in [6.45, 7) is 4.13. The van der Waals surface area contributed by atoms with E-state index in [0.717, 1.165) is 0 Å². The molecule has 3 atom stereocenters. The molecular formula is C31H33F2N3O5. The Morgan fingerprint density at radius 3 is 2.22 bits per heavy atom. The predicted octanol–water partition coefficient (Wildman–Crippen LogP) is 4.86. The molecule has 41 heavy (non-hydrogen) atoms. The first-order chi connectivity index (χ1) is 19.6. The maximum absolute atomic E-state index is 14.6. The van der Waals surface area contributed by atoms with Gasteiger partial charge in [0.05, 0.1) is 28.8 Å². The Labute approximate surface area is 237 Å². The number of nitrogens with one attached hydrogen (secondary N) is 1. The summed E-state index contributed by atoms with van der Waals surface area (Å²) in [4.78, 5) is 42.8. The number of hydrogen-bond acceptors (Lipinski definition) is 5. The lowest BCUT2D eigenvalue weighted by Crippen LogP contribution is -2.48. The van der Waals surface area contributed by atoms with Crippen LogP contribution in [0.25, 0.3) is 0 Å². The van der Waals surface area contributed by atoms with Gasteiger partial charge in [0.15, 0.2) is 0 Å². The molecule has 3 aromatic carbocycles. The van der Waals surface area contributed by atoms with Crippen LogP contribution < -0.4 is 10.1 Å². The van der Waals surface area contributed by atoms with Gasteiger partial charge in [-0.25, -0.2) is 8.78 Å². The van der Waals surface area contributed by atoms with Crippen LogP contribution >= 0.6 is 0 Å². The largest absolute Gasteiger partial charge is 0.491 e. The Morgan fingerprint density at radius 1 is 0.951 bits per heavy atom. The zero-order valence-electron chi connectivity index (χ0n) is 23.4. The van der Waals surface area contributed by atoms with E-state index in [1.54, 1.807) is 37.1 Å². The highest BCUT2D eigenvalue weighted by Gasteiger charge is 2.31. The minimum Gasteiger partial charge on any atom is -0.491 e. The molecule has 8 nitrogen and oxygen atoms in total. The predicted molar refractivity (Wildman–Crippen MR) is 150 cm³/mol. The van der Waals surface area contributed by atoms with Crippen molar-refractivity contribution in [2.75, 3.05) is 39.2 Å². The van der Waals surface area contributed by atoms with E-state index >= 15 is 0 Å². The Morgan fingerprint density at radius 2 is 1.59 bits per heavy atom. The van der Waals surface area contributed by atoms with Crippen molar-refractivity contribution in [2.45, 2.75) is 26.0 Å². The van der Waals surface area contributed by atoms with Gasteiger partial charge in [0.2, 0.25) is 0 Å². The van der Waals surface area contributed by atoms with Crippen LogP contribution in [0.15, 0.2) is 66.7 Å². The van der Waals surface area contributed by atoms with Crippen molar-refractivity contribution in [1.29, 1.82) is 0 Å². The number of carbonyl (C=O) groups excluding carboxylic acids is 3. The molecule has 0 saturated carbocycles. The number of hydrogen-bond donors (Lipinski definition) is 1. The van der Waals surface area contributed by atoms with E-state index in [4.69, 9.17) is 9.47 Å². The van der Waals surface area contributed by atoms with E-state index in [-0.39, 0.29) is 59.6 Å². The van der Waals surface area contributed by atoms with Crippen molar-refractivity contribution in [3.05, 3.63) is 95.1 Å². The van der Waals surface area contributed by atoms with Crippen LogP contribution in [0.2, 0.25) is 0 Å². The molecule has 10 heteroatoms. The summed E-state index contributed by atoms with van der Waals surface area (Å²) in [6, 6.07) is 15.5. The SMILES string of the molecule is CO[C@H]1CN(C)C(=O)c2cc(NC(=O)c3ccccc3F)ccc2OC[C@H](C)N(C(=O)c2ccccc2F)C[C@H]1C. The third-order valence-corrected chi connectivity index (χ3v) is 7.19. The van der Waals surface area contributed by atoms with E-state index in [1.165, 1.54) is 60.5 Å². The van der Waals surface area contributed by atoms with Crippen molar-refractivity contribution < 1.29 is 32.6 Å². The molecule has 3 amide bonds. The summed E-state index contributed by atoms with van der Waals surface area (Å²) in [5, 5.41) is 2.63. The molecule has 0 saturated heterocycles. The number of likely N-dealkylation sites (N-methyl/N-ethyl adjacent to an activating group) is 1. The van der Waals surface area contributed by atoms with Gasteiger partial charge in [-0.15, -0.1) is 0 Å². The van der Waals surface area contributed by atoms with Gasteiger partial charge in [0.1, 0.15) is 24.0 Å². The molecule has 0 aromatic heterocycles. The van der Waals surface area contributed by atoms with Crippen LogP contribution in [-0.4, -0.2) is 73.5 Å². The number of halogens is 2. The second-order valence-corrected chi connectivity index (χ2v) is 10.2. The van der Waals surface area contributed by atoms with Crippen molar-refractivity contribution in [3.8, 4) is 5.75 Å². The molecule has 0 bridgehead atoms. The number of benzene rings is 3. The van der Waals surface area contributed by atoms with Crippen LogP contribution in [0.4, 0.5) is 14.5 Å². The minimum absolute atomic E-state index is 0.00941. The van der Waals surface area contributed by atoms with Crippen LogP contribution in [0.5, 0.6) is 5.75 Å². The Bertz CT molecular complexity index is 1430. The third-order valence-electron chi connectivity index (χ3n) is 7.19. The van der Waals surface area contributed by atoms with Gasteiger partial charge >= 0.3 is 0 Å². The van der Waals surface area contributed by atoms with E-state index in [2.05, 4.69) is 5.32 Å². The quantitative estimate of drug-likeness (QED) is 0.488. The number of ether oxygens (including phenoxy) is 2. The van der Waals surface area contributed by atoms with Gasteiger partial charge < -0.3 is 24.6 Å². The zero-order chi connectivity index (χ0) is 29.7. The highest BCUT2D eigenvalue weighted by atomic mass is 19.1. The molecular weight excluding hydrogens is 532 g/mol. The number of carbonyl (C=O) groups is 3. The minimum atomic E-state index is -0.668. The first kappa shape index (κ1) is 29.7. The molecule has 4 rings (SSSR count). The van der Waals surface area contributed by atoms with Gasteiger partial charge in [-0.05, 0) is 49.4 Å². The smallest absolute Gasteiger partial charge is 0.258 e. The first-order valence-corrected chi connectivity index (χ1v) is 13.3. The average Bonchev–Trinajstić information content (AvgIpc) is 2.96. The summed E-state index contributed by atoms with van der Waals surface area (Å²) in [6.07, 6.45) is -0.445. The van der Waals surface area contributed by atoms with Gasteiger partial charge in [-0.2, -0.15) is 0 Å². The normalized spacial score (nSPS) is 19.9. The standard InChI is InChI=1S/C31H33F2N3O5/c1-19-16-36(31(39)23-10-6-8-12-26(23)33)20(2)18-41-27-14-13-21(34-29(37)22-9-5-7-11-25(22)32)15-24(27)30(38)35(3)17-28(19)40-4/h5-15,19-20,28H,16-18H2,1-4H3,(H,34,37)/t19-,20+,28+/m1/s1. The van der Waals surface area contributed by atoms with E-state index in [1.807, 2.05) is 6.92 Å². The Hall–Kier alpha value is -4.31. The van der Waals surface area contributed by atoms with Crippen molar-refractivity contribution in [3.63, 3.8) is 0 Å². The average molecular weight is 566 g/mol. The summed E-state index contributed by atoms with van der Waals surface area (Å²) in [5.41, 5.74) is 0.262. The summed E-state index contributed by atoms with van der Waals surface area (Å²) < 4.78 is 40.5. The number of nitrogens with zero attached hydrogens (tertiary/aromatic N) is 2. The first-order valence-electron chi connectivity index (χ1n) is 13.3. The van der Waals surface area contributed by atoms with Crippen LogP contribution in [-0.2, 0) is 4.74 Å². The lowest BCUT2D eigenvalue weighted by atomic mass is 10.0. The number of amides is 3. The highest BCUT2D eigenvalue weighted by Crippen LogP contribution is 2.27. The molecule has 1 aliphatic rings. The lowest BCUT2D eigenvalue weighted by Gasteiger charge is -2.36. The molecule has 216 valence electrons. The number of methoxy groups -OCH3 is 1. The van der Waals surface area contributed by atoms with Crippen molar-refractivity contribution in [2.24, 2.45) is 5.92 Å². The number of rotatable bonds is 4. The topological polar surface area (TPSA) is 88.2 Å². The molecule has 3 aromatic rings. The fourth-order valence-corrected chi connectivity index (χ4v) is 4.77. The zero-order valence-corrected chi connectivity index (χ0v) is 23.4. The van der Waals surface area contributed by atoms with Gasteiger partial charge in [0.25, 0.3) is 17.7 Å². The van der Waals surface area contributed by atoms with Crippen LogP contribution in [0.3, 0.4) is 0 Å². The summed E-state index contributed by atoms with van der Waals surface area (Å²) in [5.74, 6) is -2.79. The molecule has 0 spiro atoms. The lowest BCUT2D eigenvalue weighted by molar-refractivity contribution is 0.0110. The molecule has 0 radical (unpaired) electrons. The number of fused-ring (bicyclic) bond motifs is 1. The summed E-state index contributed by atoms with van der Waals surface area (Å²) in [7, 11) is 3.15. The van der Waals surface area contributed by atoms with E-state index in [9.17, 15) is 23.2 Å². The second-order valence-electron chi connectivity index (χ2n) is 10.2. The molecule has 1 heterocycles. The maximum atomic E-state index is 14.6. The van der Waals surface area contributed by atoms with Gasteiger partial charge in [0, 0.05) is 38.9 Å². The number of anilines is 1. The van der Waals surface area contributed by atoms with Crippen molar-refractivity contribution in [1.82, 2.24) is 9.80 Å². The maximum Gasteiger partial charge on any atom is 0.258 e. The third kappa shape index (κ3) is 6.71. The monoisotopic (exact) mass is 565 g/mol. The van der Waals surface area contributed by atoms with Gasteiger partial charge in [-0.3, -0.25) is 14.4 Å². The Balaban J connectivity index is 1.67. The Kier molecular flexibility index (Phi) is 9.34. The molecule has 1 aliphatic heterocycles. The fraction of sp³-hybridized carbons (Fsp3) is 0.323. The van der Waals surface area contributed by atoms with E-state index in [0.29, 0.717) is 0 Å². The van der Waals surface area contributed by atoms with Gasteiger partial charge in [-0.1, -0.05) is 31.2 Å². The second kappa shape index (κ2) is 12.9. The summed E-state index contributed by atoms with van der Waals surface area (Å²) >= 11 is 0. The fourth-order valence-electron chi connectivity index (χ4n) is 4.77. The van der Waals surface area contributed by atoms with E-state index < -0.39 is 35.6 Å². The van der Waals surface area contributed by atoms with Crippen LogP contribution in [0, 0.1) is 17.6 Å². The highest BCUT2D eigenvalue weighted by molar-refractivity contribution is 6.05. The molecule has 0 fully saturated rings. The molecule has 1 N–H and O–H groups in total. The van der Waals surface area contributed by atoms with Crippen LogP contribution in [0.1, 0.15) is 44.9 Å². The molecule has 0 aliphatic carbocycles. The van der Waals surface area contributed by atoms with Crippen molar-refractivity contribution >= 4 is 23.4 Å².